The van der Waals surface area contributed by atoms with Gasteiger partial charge < -0.3 is 24.7 Å². The van der Waals surface area contributed by atoms with Gasteiger partial charge in [-0.15, -0.1) is 0 Å². The Kier molecular flexibility index (Phi) is 4.69. The minimum Gasteiger partial charge on any atom is -0.374 e. The fraction of sp³-hybridized carbons (Fsp3) is 1.00. The van der Waals surface area contributed by atoms with Crippen LogP contribution in [0.1, 0.15) is 59.8 Å². The van der Waals surface area contributed by atoms with Crippen LogP contribution in [-0.2, 0) is 18.9 Å². The van der Waals surface area contributed by atoms with Gasteiger partial charge in [-0.3, -0.25) is 0 Å². The van der Waals surface area contributed by atoms with Gasteiger partial charge in [-0.1, -0.05) is 6.42 Å². The number of rotatable bonds is 4. The van der Waals surface area contributed by atoms with Crippen molar-refractivity contribution in [1.29, 1.82) is 0 Å². The van der Waals surface area contributed by atoms with E-state index in [9.17, 15) is 0 Å². The molecule has 2 N–H and O–H groups in total. The first-order chi connectivity index (χ1) is 11.8. The summed E-state index contributed by atoms with van der Waals surface area (Å²) in [6, 6.07) is 0. The predicted octanol–water partition coefficient (Wildman–Crippen LogP) is 2.85. The first-order valence-electron chi connectivity index (χ1n) is 10.1. The average Bonchev–Trinajstić information content (AvgIpc) is 3.24. The zero-order valence-corrected chi connectivity index (χ0v) is 16.2. The van der Waals surface area contributed by atoms with Crippen LogP contribution in [0.4, 0.5) is 0 Å². The lowest BCUT2D eigenvalue weighted by Gasteiger charge is -2.28. The van der Waals surface area contributed by atoms with Gasteiger partial charge in [0.1, 0.15) is 0 Å². The highest BCUT2D eigenvalue weighted by Crippen LogP contribution is 2.51. The van der Waals surface area contributed by atoms with E-state index in [0.717, 1.165) is 25.8 Å². The molecular weight excluding hydrogens is 318 g/mol. The number of fused-ring (bicyclic) bond motifs is 1. The highest BCUT2D eigenvalue weighted by Gasteiger charge is 2.57. The van der Waals surface area contributed by atoms with Crippen LogP contribution < -0.4 is 5.73 Å². The van der Waals surface area contributed by atoms with Gasteiger partial charge in [0.15, 0.2) is 5.79 Å². The molecule has 2 aliphatic carbocycles. The third-order valence-corrected chi connectivity index (χ3v) is 6.76. The molecule has 144 valence electrons. The molecule has 5 heteroatoms. The molecule has 2 aliphatic heterocycles. The topological polar surface area (TPSA) is 62.9 Å². The molecule has 2 heterocycles. The summed E-state index contributed by atoms with van der Waals surface area (Å²) in [6.07, 6.45) is 6.61. The van der Waals surface area contributed by atoms with Crippen LogP contribution in [0.5, 0.6) is 0 Å². The summed E-state index contributed by atoms with van der Waals surface area (Å²) in [5.41, 5.74) is 5.89. The van der Waals surface area contributed by atoms with Crippen LogP contribution >= 0.6 is 0 Å². The van der Waals surface area contributed by atoms with Crippen molar-refractivity contribution in [1.82, 2.24) is 0 Å². The third kappa shape index (κ3) is 3.51. The van der Waals surface area contributed by atoms with E-state index in [1.165, 1.54) is 12.8 Å². The Labute approximate surface area is 151 Å². The lowest BCUT2D eigenvalue weighted by molar-refractivity contribution is -0.153. The molecule has 0 bridgehead atoms. The van der Waals surface area contributed by atoms with Crippen molar-refractivity contribution in [2.75, 3.05) is 13.2 Å². The summed E-state index contributed by atoms with van der Waals surface area (Å²) in [4.78, 5) is 0. The summed E-state index contributed by atoms with van der Waals surface area (Å²) >= 11 is 0. The van der Waals surface area contributed by atoms with Gasteiger partial charge in [-0.25, -0.2) is 0 Å². The van der Waals surface area contributed by atoms with Crippen molar-refractivity contribution in [2.45, 2.75) is 95.6 Å². The van der Waals surface area contributed by atoms with E-state index in [-0.39, 0.29) is 23.9 Å². The zero-order valence-electron chi connectivity index (χ0n) is 16.2. The van der Waals surface area contributed by atoms with E-state index in [1.54, 1.807) is 0 Å². The number of hydrogen-bond acceptors (Lipinski definition) is 5. The van der Waals surface area contributed by atoms with E-state index >= 15 is 0 Å². The molecule has 2 saturated heterocycles. The van der Waals surface area contributed by atoms with E-state index in [0.29, 0.717) is 30.5 Å². The molecule has 4 aliphatic rings. The molecule has 0 aromatic carbocycles. The Bertz CT molecular complexity index is 494. The summed E-state index contributed by atoms with van der Waals surface area (Å²) < 4.78 is 25.2. The van der Waals surface area contributed by atoms with E-state index < -0.39 is 5.79 Å². The monoisotopic (exact) mass is 353 g/mol. The molecule has 7 atom stereocenters. The van der Waals surface area contributed by atoms with Crippen molar-refractivity contribution < 1.29 is 18.9 Å². The van der Waals surface area contributed by atoms with Crippen molar-refractivity contribution in [3.63, 3.8) is 0 Å². The predicted molar refractivity (Wildman–Crippen MR) is 95.1 cm³/mol. The third-order valence-electron chi connectivity index (χ3n) is 6.76. The maximum absolute atomic E-state index is 6.67. The van der Waals surface area contributed by atoms with Crippen LogP contribution in [0.2, 0.25) is 0 Å². The van der Waals surface area contributed by atoms with E-state index in [4.69, 9.17) is 24.7 Å². The Morgan fingerprint density at radius 1 is 1.04 bits per heavy atom. The molecule has 7 unspecified atom stereocenters. The van der Waals surface area contributed by atoms with Crippen LogP contribution in [0, 0.1) is 17.8 Å². The highest BCUT2D eigenvalue weighted by molar-refractivity contribution is 5.04. The normalized spacial score (nSPS) is 48.1. The molecule has 4 rings (SSSR count). The number of ether oxygens (including phenoxy) is 4. The van der Waals surface area contributed by atoms with Gasteiger partial charge in [-0.2, -0.15) is 0 Å². The Morgan fingerprint density at radius 3 is 2.52 bits per heavy atom. The molecule has 0 aromatic heterocycles. The second kappa shape index (κ2) is 6.45. The van der Waals surface area contributed by atoms with Crippen molar-refractivity contribution in [3.8, 4) is 0 Å². The SMILES string of the molecule is CC1(C)CC2C(OC3CCCC3CN)CC(C3COC(C)(C)O3)C2O1. The molecule has 5 nitrogen and oxygen atoms in total. The molecule has 0 spiro atoms. The average molecular weight is 354 g/mol. The maximum atomic E-state index is 6.67. The summed E-state index contributed by atoms with van der Waals surface area (Å²) in [5.74, 6) is 0.865. The molecule has 25 heavy (non-hydrogen) atoms. The maximum Gasteiger partial charge on any atom is 0.163 e. The van der Waals surface area contributed by atoms with Crippen LogP contribution in [0.3, 0.4) is 0 Å². The molecule has 0 aromatic rings. The second-order valence-electron chi connectivity index (χ2n) is 9.62. The Morgan fingerprint density at radius 2 is 1.84 bits per heavy atom. The van der Waals surface area contributed by atoms with Gasteiger partial charge in [0.2, 0.25) is 0 Å². The van der Waals surface area contributed by atoms with Crippen molar-refractivity contribution in [2.24, 2.45) is 23.5 Å². The number of nitrogens with two attached hydrogens (primary N) is 1. The smallest absolute Gasteiger partial charge is 0.163 e. The minimum atomic E-state index is -0.483. The molecule has 0 radical (unpaired) electrons. The van der Waals surface area contributed by atoms with Crippen LogP contribution in [-0.4, -0.2) is 49.0 Å². The van der Waals surface area contributed by atoms with Gasteiger partial charge in [-0.05, 0) is 65.8 Å². The summed E-state index contributed by atoms with van der Waals surface area (Å²) in [6.45, 7) is 9.80. The Hall–Kier alpha value is -0.200. The fourth-order valence-corrected chi connectivity index (χ4v) is 5.64. The quantitative estimate of drug-likeness (QED) is 0.842. The zero-order chi connectivity index (χ0) is 17.8. The standard InChI is InChI=1S/C20H35NO4/c1-19(2)9-14-16(23-15-7-5-6-12(15)10-21)8-13(18(14)25-19)17-11-22-20(3,4)24-17/h12-18H,5-11,21H2,1-4H3. The van der Waals surface area contributed by atoms with Gasteiger partial charge >= 0.3 is 0 Å². The van der Waals surface area contributed by atoms with Crippen LogP contribution in [0.15, 0.2) is 0 Å². The Balaban J connectivity index is 1.49. The first-order valence-corrected chi connectivity index (χ1v) is 10.1. The molecule has 4 fully saturated rings. The minimum absolute atomic E-state index is 0.0759. The highest BCUT2D eigenvalue weighted by atomic mass is 16.7. The largest absolute Gasteiger partial charge is 0.374 e. The van der Waals surface area contributed by atoms with Gasteiger partial charge in [0.25, 0.3) is 0 Å². The van der Waals surface area contributed by atoms with Crippen molar-refractivity contribution in [3.05, 3.63) is 0 Å². The first kappa shape index (κ1) is 18.2. The lowest BCUT2D eigenvalue weighted by atomic mass is 9.92. The fourth-order valence-electron chi connectivity index (χ4n) is 5.64. The number of hydrogen-bond donors (Lipinski definition) is 1. The van der Waals surface area contributed by atoms with Crippen LogP contribution in [0.25, 0.3) is 0 Å². The van der Waals surface area contributed by atoms with E-state index in [2.05, 4.69) is 13.8 Å². The molecule has 2 saturated carbocycles. The lowest BCUT2D eigenvalue weighted by Crippen LogP contribution is -2.34. The van der Waals surface area contributed by atoms with Gasteiger partial charge in [0.05, 0.1) is 36.6 Å². The summed E-state index contributed by atoms with van der Waals surface area (Å²) in [5, 5.41) is 0. The van der Waals surface area contributed by atoms with Crippen molar-refractivity contribution >= 4 is 0 Å². The van der Waals surface area contributed by atoms with E-state index in [1.807, 2.05) is 13.8 Å². The summed E-state index contributed by atoms with van der Waals surface area (Å²) in [7, 11) is 0. The molecular formula is C20H35NO4. The molecule has 0 amide bonds. The van der Waals surface area contributed by atoms with Gasteiger partial charge in [0, 0.05) is 11.8 Å². The second-order valence-corrected chi connectivity index (χ2v) is 9.62.